The number of amides is 4. The number of esters is 1. The molecule has 0 aliphatic rings. The number of carboxylic acid groups (broad SMARTS) is 1. The van der Waals surface area contributed by atoms with E-state index in [1.807, 2.05) is 102 Å². The Morgan fingerprint density at radius 2 is 1.16 bits per heavy atom. The van der Waals surface area contributed by atoms with Crippen molar-refractivity contribution in [2.24, 2.45) is 0 Å². The highest BCUT2D eigenvalue weighted by atomic mass is 16.6. The maximum absolute atomic E-state index is 13.8. The molecule has 0 aliphatic heterocycles. The Bertz CT molecular complexity index is 1930. The Morgan fingerprint density at radius 3 is 1.64 bits per heavy atom. The number of imidazole rings is 1. The second-order valence-electron chi connectivity index (χ2n) is 15.6. The van der Waals surface area contributed by atoms with E-state index in [0.717, 1.165) is 16.7 Å². The molecule has 0 unspecified atom stereocenters. The van der Waals surface area contributed by atoms with Gasteiger partial charge < -0.3 is 40.4 Å². The van der Waals surface area contributed by atoms with Crippen molar-refractivity contribution in [1.82, 2.24) is 30.8 Å². The van der Waals surface area contributed by atoms with Crippen molar-refractivity contribution in [1.29, 1.82) is 0 Å². The summed E-state index contributed by atoms with van der Waals surface area (Å²) in [5, 5.41) is 18.8. The first-order valence-corrected chi connectivity index (χ1v) is 18.8. The molecule has 1 aromatic heterocycles. The fraction of sp³-hybridized carbons (Fsp3) is 0.372. The van der Waals surface area contributed by atoms with Gasteiger partial charge in [-0.25, -0.2) is 9.78 Å². The largest absolute Gasteiger partial charge is 0.480 e. The van der Waals surface area contributed by atoms with Gasteiger partial charge >= 0.3 is 18.0 Å². The number of rotatable bonds is 17. The van der Waals surface area contributed by atoms with Gasteiger partial charge in [0.05, 0.1) is 18.6 Å². The van der Waals surface area contributed by atoms with E-state index in [1.165, 1.54) is 0 Å². The minimum atomic E-state index is -1.32. The molecule has 308 valence electrons. The van der Waals surface area contributed by atoms with Gasteiger partial charge in [0.2, 0.25) is 17.7 Å². The lowest BCUT2D eigenvalue weighted by Crippen LogP contribution is -2.53. The predicted molar refractivity (Wildman–Crippen MR) is 214 cm³/mol. The molecule has 0 spiro atoms. The number of carbonyl (C=O) groups excluding carboxylic acids is 5. The van der Waals surface area contributed by atoms with Crippen LogP contribution in [0.5, 0.6) is 0 Å². The average molecular weight is 797 g/mol. The van der Waals surface area contributed by atoms with Crippen molar-refractivity contribution in [3.8, 4) is 0 Å². The molecule has 4 amide bonds. The Kier molecular flexibility index (Phi) is 14.9. The first-order valence-electron chi connectivity index (χ1n) is 18.8. The Balaban J connectivity index is 1.59. The number of alkyl carbamates (subject to hydrolysis) is 1. The Hall–Kier alpha value is -6.51. The van der Waals surface area contributed by atoms with Crippen molar-refractivity contribution in [2.45, 2.75) is 89.6 Å². The molecule has 0 bridgehead atoms. The van der Waals surface area contributed by atoms with Gasteiger partial charge in [0, 0.05) is 19.0 Å². The fourth-order valence-corrected chi connectivity index (χ4v) is 6.25. The van der Waals surface area contributed by atoms with Crippen LogP contribution in [0.25, 0.3) is 0 Å². The second-order valence-corrected chi connectivity index (χ2v) is 15.6. The van der Waals surface area contributed by atoms with Gasteiger partial charge in [-0.05, 0) is 64.7 Å². The zero-order valence-electron chi connectivity index (χ0n) is 33.6. The monoisotopic (exact) mass is 796 g/mol. The van der Waals surface area contributed by atoms with E-state index >= 15 is 0 Å². The Morgan fingerprint density at radius 1 is 0.672 bits per heavy atom. The summed E-state index contributed by atoms with van der Waals surface area (Å²) in [5.74, 6) is -4.35. The van der Waals surface area contributed by atoms with Crippen molar-refractivity contribution in [2.75, 3.05) is 13.1 Å². The lowest BCUT2D eigenvalue weighted by molar-refractivity contribution is -0.155. The standard InChI is InChI=1S/C43H52N6O9/c1-41(2,3)57-37(53)23-22-33(38(54)45-26-36(51)52)47-35(50)25-44-39(55)34(48-40(56)58-42(4,5)6)24-32-27-49(28-46-32)43(29-16-10-7-11-17-29,30-18-12-8-13-19-30)31-20-14-9-15-21-31/h7-21,27-28,33-34H,22-26H2,1-6H3,(H,44,55)(H,45,54)(H,47,50)(H,48,56)(H,51,52)/t33-,34-/m0/s1. The summed E-state index contributed by atoms with van der Waals surface area (Å²) in [5.41, 5.74) is 0.717. The first-order chi connectivity index (χ1) is 27.4. The van der Waals surface area contributed by atoms with Crippen LogP contribution in [0.1, 0.15) is 76.8 Å². The number of ether oxygens (including phenoxy) is 2. The van der Waals surface area contributed by atoms with E-state index in [-0.39, 0.29) is 19.3 Å². The van der Waals surface area contributed by atoms with Crippen LogP contribution >= 0.6 is 0 Å². The third-order valence-electron chi connectivity index (χ3n) is 8.56. The van der Waals surface area contributed by atoms with E-state index in [0.29, 0.717) is 5.69 Å². The van der Waals surface area contributed by atoms with E-state index < -0.39 is 77.7 Å². The van der Waals surface area contributed by atoms with Crippen molar-refractivity contribution >= 4 is 35.8 Å². The molecule has 3 aromatic carbocycles. The molecule has 1 heterocycles. The van der Waals surface area contributed by atoms with Crippen LogP contribution in [0.3, 0.4) is 0 Å². The predicted octanol–water partition coefficient (Wildman–Crippen LogP) is 4.08. The van der Waals surface area contributed by atoms with E-state index in [4.69, 9.17) is 19.6 Å². The van der Waals surface area contributed by atoms with Crippen LogP contribution in [0.15, 0.2) is 104 Å². The third-order valence-corrected chi connectivity index (χ3v) is 8.56. The molecule has 0 aliphatic carbocycles. The highest BCUT2D eigenvalue weighted by molar-refractivity contribution is 5.93. The second kappa shape index (κ2) is 19.6. The van der Waals surface area contributed by atoms with Gasteiger partial charge in [0.1, 0.15) is 35.4 Å². The number of benzene rings is 3. The average Bonchev–Trinajstić information content (AvgIpc) is 3.63. The lowest BCUT2D eigenvalue weighted by Gasteiger charge is -2.37. The highest BCUT2D eigenvalue weighted by Gasteiger charge is 2.39. The topological polar surface area (TPSA) is 207 Å². The number of carboxylic acids is 1. The number of aliphatic carboxylic acids is 1. The van der Waals surface area contributed by atoms with Crippen molar-refractivity contribution < 1.29 is 43.3 Å². The molecule has 0 saturated heterocycles. The molecule has 58 heavy (non-hydrogen) atoms. The van der Waals surface area contributed by atoms with Crippen molar-refractivity contribution in [3.63, 3.8) is 0 Å². The quantitative estimate of drug-likeness (QED) is 0.0765. The van der Waals surface area contributed by atoms with Crippen LogP contribution in [0, 0.1) is 0 Å². The summed E-state index contributed by atoms with van der Waals surface area (Å²) in [4.78, 5) is 80.8. The van der Waals surface area contributed by atoms with E-state index in [1.54, 1.807) is 47.9 Å². The molecule has 4 aromatic rings. The van der Waals surface area contributed by atoms with Crippen LogP contribution in [-0.2, 0) is 45.4 Å². The normalized spacial score (nSPS) is 12.7. The number of hydrogen-bond acceptors (Lipinski definition) is 9. The molecule has 4 rings (SSSR count). The summed E-state index contributed by atoms with van der Waals surface area (Å²) in [6.45, 7) is 8.71. The molecular formula is C43H52N6O9. The summed E-state index contributed by atoms with van der Waals surface area (Å²) >= 11 is 0. The molecule has 0 fully saturated rings. The van der Waals surface area contributed by atoms with Gasteiger partial charge in [-0.1, -0.05) is 91.0 Å². The molecule has 15 heteroatoms. The minimum Gasteiger partial charge on any atom is -0.480 e. The summed E-state index contributed by atoms with van der Waals surface area (Å²) in [6.07, 6.45) is 2.03. The molecule has 0 radical (unpaired) electrons. The minimum absolute atomic E-state index is 0.107. The molecular weight excluding hydrogens is 745 g/mol. The van der Waals surface area contributed by atoms with Gasteiger partial charge in [0.25, 0.3) is 0 Å². The maximum atomic E-state index is 13.8. The number of nitrogens with one attached hydrogen (secondary N) is 4. The van der Waals surface area contributed by atoms with E-state index in [9.17, 15) is 28.8 Å². The van der Waals surface area contributed by atoms with E-state index in [2.05, 4.69) is 21.3 Å². The molecule has 0 saturated carbocycles. The van der Waals surface area contributed by atoms with Crippen LogP contribution < -0.4 is 21.3 Å². The number of hydrogen-bond donors (Lipinski definition) is 5. The van der Waals surface area contributed by atoms with Crippen LogP contribution in [0.4, 0.5) is 4.79 Å². The number of carbonyl (C=O) groups is 6. The molecule has 2 atom stereocenters. The highest BCUT2D eigenvalue weighted by Crippen LogP contribution is 2.40. The van der Waals surface area contributed by atoms with Gasteiger partial charge in [0.15, 0.2) is 0 Å². The smallest absolute Gasteiger partial charge is 0.408 e. The molecule has 15 nitrogen and oxygen atoms in total. The zero-order valence-corrected chi connectivity index (χ0v) is 33.6. The van der Waals surface area contributed by atoms with Gasteiger partial charge in [-0.15, -0.1) is 0 Å². The summed E-state index contributed by atoms with van der Waals surface area (Å²) < 4.78 is 12.7. The SMILES string of the molecule is CC(C)(C)OC(=O)CC[C@H](NC(=O)CNC(=O)[C@H](Cc1cn(C(c2ccccc2)(c2ccccc2)c2ccccc2)cn1)NC(=O)OC(C)(C)C)C(=O)NCC(=O)O. The molecule has 5 N–H and O–H groups in total. The van der Waals surface area contributed by atoms with Crippen LogP contribution in [0.2, 0.25) is 0 Å². The number of nitrogens with zero attached hydrogens (tertiary/aromatic N) is 2. The first kappa shape index (κ1) is 44.2. The number of aromatic nitrogens is 2. The Labute approximate surface area is 337 Å². The van der Waals surface area contributed by atoms with Gasteiger partial charge in [-0.2, -0.15) is 0 Å². The summed E-state index contributed by atoms with van der Waals surface area (Å²) in [7, 11) is 0. The van der Waals surface area contributed by atoms with Gasteiger partial charge in [-0.3, -0.25) is 24.0 Å². The third kappa shape index (κ3) is 12.8. The zero-order chi connectivity index (χ0) is 42.5. The summed E-state index contributed by atoms with van der Waals surface area (Å²) in [6, 6.07) is 27.2. The van der Waals surface area contributed by atoms with Crippen LogP contribution in [-0.4, -0.2) is 86.8 Å². The van der Waals surface area contributed by atoms with Crippen molar-refractivity contribution in [3.05, 3.63) is 126 Å². The lowest BCUT2D eigenvalue weighted by atomic mass is 9.77. The fourth-order valence-electron chi connectivity index (χ4n) is 6.25. The maximum Gasteiger partial charge on any atom is 0.408 e.